The maximum absolute atomic E-state index is 2.53. The molecule has 1 heterocycles. The molecule has 2 unspecified atom stereocenters. The summed E-state index contributed by atoms with van der Waals surface area (Å²) >= 11 is 1.92. The lowest BCUT2D eigenvalue weighted by Crippen LogP contribution is -2.22. The van der Waals surface area contributed by atoms with Gasteiger partial charge in [0.1, 0.15) is 0 Å². The largest absolute Gasteiger partial charge is 0.251 e. The Morgan fingerprint density at radius 1 is 1.36 bits per heavy atom. The molecule has 14 heavy (non-hydrogen) atoms. The van der Waals surface area contributed by atoms with Crippen LogP contribution in [0.4, 0.5) is 0 Å². The zero-order valence-corrected chi connectivity index (χ0v) is 10.4. The van der Waals surface area contributed by atoms with Crippen molar-refractivity contribution in [1.82, 2.24) is 4.31 Å². The number of hydrogen-bond acceptors (Lipinski definition) is 2. The molecule has 1 aliphatic carbocycles. The van der Waals surface area contributed by atoms with Crippen LogP contribution in [0.1, 0.15) is 39.0 Å². The molecule has 0 amide bonds. The van der Waals surface area contributed by atoms with Gasteiger partial charge < -0.3 is 0 Å². The predicted molar refractivity (Wildman–Crippen MR) is 64.3 cm³/mol. The lowest BCUT2D eigenvalue weighted by atomic mass is 9.73. The minimum atomic E-state index is 0.996. The Morgan fingerprint density at radius 2 is 2.14 bits per heavy atom. The first-order chi connectivity index (χ1) is 6.79. The Labute approximate surface area is 92.8 Å². The summed E-state index contributed by atoms with van der Waals surface area (Å²) in [6.07, 6.45) is 9.66. The van der Waals surface area contributed by atoms with E-state index in [4.69, 9.17) is 0 Å². The van der Waals surface area contributed by atoms with Crippen LogP contribution in [0.5, 0.6) is 0 Å². The van der Waals surface area contributed by atoms with Crippen LogP contribution >= 0.6 is 11.9 Å². The highest BCUT2D eigenvalue weighted by Gasteiger charge is 2.29. The topological polar surface area (TPSA) is 3.24 Å². The standard InChI is InChI=1S/C12H23NS/c1-10(12-4-3-5-12)8-11-6-7-13(9-11)14-2/h10-12H,3-9H2,1-2H3. The minimum Gasteiger partial charge on any atom is -0.251 e. The second-order valence-electron chi connectivity index (χ2n) is 5.13. The molecule has 0 bridgehead atoms. The molecule has 1 saturated heterocycles. The monoisotopic (exact) mass is 213 g/mol. The van der Waals surface area contributed by atoms with Gasteiger partial charge in [-0.05, 0) is 36.9 Å². The summed E-state index contributed by atoms with van der Waals surface area (Å²) in [6.45, 7) is 5.15. The Bertz CT molecular complexity index is 179. The predicted octanol–water partition coefficient (Wildman–Crippen LogP) is 3.41. The summed E-state index contributed by atoms with van der Waals surface area (Å²) in [7, 11) is 0. The molecule has 1 nitrogen and oxygen atoms in total. The van der Waals surface area contributed by atoms with Crippen LogP contribution in [0.2, 0.25) is 0 Å². The zero-order valence-electron chi connectivity index (χ0n) is 9.54. The van der Waals surface area contributed by atoms with E-state index in [0.29, 0.717) is 0 Å². The average Bonchev–Trinajstić information content (AvgIpc) is 2.48. The van der Waals surface area contributed by atoms with Gasteiger partial charge in [-0.25, -0.2) is 0 Å². The third-order valence-corrected chi connectivity index (χ3v) is 5.01. The first-order valence-corrected chi connectivity index (χ1v) is 7.27. The van der Waals surface area contributed by atoms with Crippen molar-refractivity contribution < 1.29 is 0 Å². The lowest BCUT2D eigenvalue weighted by molar-refractivity contribution is 0.191. The van der Waals surface area contributed by atoms with Crippen molar-refractivity contribution in [2.75, 3.05) is 19.3 Å². The van der Waals surface area contributed by atoms with Crippen molar-refractivity contribution in [2.45, 2.75) is 39.0 Å². The van der Waals surface area contributed by atoms with Gasteiger partial charge in [0, 0.05) is 13.1 Å². The van der Waals surface area contributed by atoms with Gasteiger partial charge in [0.25, 0.3) is 0 Å². The molecular weight excluding hydrogens is 190 g/mol. The third kappa shape index (κ3) is 2.46. The Hall–Kier alpha value is 0.310. The van der Waals surface area contributed by atoms with Gasteiger partial charge in [-0.15, -0.1) is 0 Å². The molecule has 0 spiro atoms. The minimum absolute atomic E-state index is 0.996. The first kappa shape index (κ1) is 10.8. The SMILES string of the molecule is CSN1CCC(CC(C)C2CCC2)C1. The molecule has 2 heteroatoms. The van der Waals surface area contributed by atoms with Crippen LogP contribution in [0.15, 0.2) is 0 Å². The Morgan fingerprint density at radius 3 is 2.64 bits per heavy atom. The van der Waals surface area contributed by atoms with E-state index in [1.807, 2.05) is 11.9 Å². The molecular formula is C12H23NS. The highest BCUT2D eigenvalue weighted by atomic mass is 32.2. The van der Waals surface area contributed by atoms with E-state index in [1.54, 1.807) is 0 Å². The second-order valence-corrected chi connectivity index (χ2v) is 6.01. The second kappa shape index (κ2) is 4.89. The molecule has 0 N–H and O–H groups in total. The van der Waals surface area contributed by atoms with Crippen LogP contribution in [-0.4, -0.2) is 23.7 Å². The fourth-order valence-electron chi connectivity index (χ4n) is 2.88. The van der Waals surface area contributed by atoms with Crippen molar-refractivity contribution in [2.24, 2.45) is 17.8 Å². The quantitative estimate of drug-likeness (QED) is 0.658. The summed E-state index contributed by atoms with van der Waals surface area (Å²) < 4.78 is 2.53. The van der Waals surface area contributed by atoms with Gasteiger partial charge in [-0.2, -0.15) is 0 Å². The van der Waals surface area contributed by atoms with E-state index in [-0.39, 0.29) is 0 Å². The molecule has 2 atom stereocenters. The van der Waals surface area contributed by atoms with Crippen LogP contribution in [0, 0.1) is 17.8 Å². The summed E-state index contributed by atoms with van der Waals surface area (Å²) in [4.78, 5) is 0. The van der Waals surface area contributed by atoms with Crippen LogP contribution in [-0.2, 0) is 0 Å². The highest BCUT2D eigenvalue weighted by molar-refractivity contribution is 7.96. The molecule has 0 aromatic heterocycles. The van der Waals surface area contributed by atoms with E-state index < -0.39 is 0 Å². The van der Waals surface area contributed by atoms with E-state index >= 15 is 0 Å². The van der Waals surface area contributed by atoms with Crippen molar-refractivity contribution in [3.8, 4) is 0 Å². The van der Waals surface area contributed by atoms with Gasteiger partial charge >= 0.3 is 0 Å². The van der Waals surface area contributed by atoms with E-state index in [1.165, 1.54) is 45.2 Å². The molecule has 82 valence electrons. The van der Waals surface area contributed by atoms with Crippen LogP contribution in [0.25, 0.3) is 0 Å². The summed E-state index contributed by atoms with van der Waals surface area (Å²) in [5, 5.41) is 0. The van der Waals surface area contributed by atoms with Crippen molar-refractivity contribution in [3.63, 3.8) is 0 Å². The van der Waals surface area contributed by atoms with Crippen LogP contribution < -0.4 is 0 Å². The highest BCUT2D eigenvalue weighted by Crippen LogP contribution is 2.38. The molecule has 0 aromatic rings. The van der Waals surface area contributed by atoms with E-state index in [9.17, 15) is 0 Å². The molecule has 1 saturated carbocycles. The maximum Gasteiger partial charge on any atom is 0.0118 e. The Balaban J connectivity index is 1.69. The summed E-state index contributed by atoms with van der Waals surface area (Å²) in [6, 6.07) is 0. The molecule has 2 rings (SSSR count). The third-order valence-electron chi connectivity index (χ3n) is 4.17. The number of rotatable bonds is 4. The van der Waals surface area contributed by atoms with Crippen molar-refractivity contribution in [3.05, 3.63) is 0 Å². The van der Waals surface area contributed by atoms with Crippen molar-refractivity contribution in [1.29, 1.82) is 0 Å². The van der Waals surface area contributed by atoms with Crippen LogP contribution in [0.3, 0.4) is 0 Å². The molecule has 0 aromatic carbocycles. The number of hydrogen-bond donors (Lipinski definition) is 0. The lowest BCUT2D eigenvalue weighted by Gasteiger charge is -2.32. The van der Waals surface area contributed by atoms with E-state index in [0.717, 1.165) is 17.8 Å². The Kier molecular flexibility index (Phi) is 3.78. The first-order valence-electron chi connectivity index (χ1n) is 6.08. The van der Waals surface area contributed by atoms with Gasteiger partial charge in [0.2, 0.25) is 0 Å². The fourth-order valence-corrected chi connectivity index (χ4v) is 3.53. The molecule has 1 aliphatic heterocycles. The van der Waals surface area contributed by atoms with Gasteiger partial charge in [-0.1, -0.05) is 38.1 Å². The normalized spacial score (nSPS) is 31.7. The van der Waals surface area contributed by atoms with Gasteiger partial charge in [0.15, 0.2) is 0 Å². The van der Waals surface area contributed by atoms with Gasteiger partial charge in [0.05, 0.1) is 0 Å². The smallest absolute Gasteiger partial charge is 0.0118 e. The van der Waals surface area contributed by atoms with E-state index in [2.05, 4.69) is 17.5 Å². The summed E-state index contributed by atoms with van der Waals surface area (Å²) in [5.74, 6) is 3.08. The maximum atomic E-state index is 2.53. The fraction of sp³-hybridized carbons (Fsp3) is 1.00. The molecule has 0 radical (unpaired) electrons. The van der Waals surface area contributed by atoms with Crippen molar-refractivity contribution >= 4 is 11.9 Å². The molecule has 2 aliphatic rings. The average molecular weight is 213 g/mol. The van der Waals surface area contributed by atoms with Gasteiger partial charge in [-0.3, -0.25) is 4.31 Å². The summed E-state index contributed by atoms with van der Waals surface area (Å²) in [5.41, 5.74) is 0. The molecule has 2 fully saturated rings. The zero-order chi connectivity index (χ0) is 9.97. The number of nitrogens with zero attached hydrogens (tertiary/aromatic N) is 1.